The second-order valence-corrected chi connectivity index (χ2v) is 6.11. The van der Waals surface area contributed by atoms with Crippen LogP contribution >= 0.6 is 0 Å². The van der Waals surface area contributed by atoms with E-state index >= 15 is 0 Å². The molecule has 0 aliphatic carbocycles. The maximum absolute atomic E-state index is 6.65. The summed E-state index contributed by atoms with van der Waals surface area (Å²) in [6.07, 6.45) is 2.05. The highest BCUT2D eigenvalue weighted by Gasteiger charge is 2.46. The fourth-order valence-corrected chi connectivity index (χ4v) is 3.75. The molecule has 2 aliphatic heterocycles. The van der Waals surface area contributed by atoms with Gasteiger partial charge < -0.3 is 14.8 Å². The lowest BCUT2D eigenvalue weighted by atomic mass is 9.83. The molecule has 0 aromatic heterocycles. The summed E-state index contributed by atoms with van der Waals surface area (Å²) in [5.41, 5.74) is 3.66. The molecule has 4 rings (SSSR count). The predicted octanol–water partition coefficient (Wildman–Crippen LogP) is 3.39. The van der Waals surface area contributed by atoms with Gasteiger partial charge in [-0.05, 0) is 54.8 Å². The Kier molecular flexibility index (Phi) is 3.40. The smallest absolute Gasteiger partial charge is 0.119 e. The van der Waals surface area contributed by atoms with Crippen LogP contribution in [0.25, 0.3) is 0 Å². The SMILES string of the molecule is COc1ccc2c(c1)[C@@H](c1ccccc1)OC21CCNCC1. The van der Waals surface area contributed by atoms with Crippen molar-refractivity contribution < 1.29 is 9.47 Å². The average Bonchev–Trinajstić information content (AvgIpc) is 2.90. The predicted molar refractivity (Wildman–Crippen MR) is 86.1 cm³/mol. The summed E-state index contributed by atoms with van der Waals surface area (Å²) in [6, 6.07) is 16.9. The molecule has 0 bridgehead atoms. The second-order valence-electron chi connectivity index (χ2n) is 6.11. The second kappa shape index (κ2) is 5.41. The molecule has 0 radical (unpaired) electrons. The van der Waals surface area contributed by atoms with Crippen molar-refractivity contribution >= 4 is 0 Å². The van der Waals surface area contributed by atoms with Crippen molar-refractivity contribution in [3.63, 3.8) is 0 Å². The fourth-order valence-electron chi connectivity index (χ4n) is 3.75. The van der Waals surface area contributed by atoms with E-state index in [1.807, 2.05) is 6.07 Å². The van der Waals surface area contributed by atoms with E-state index in [2.05, 4.69) is 47.8 Å². The monoisotopic (exact) mass is 295 g/mol. The summed E-state index contributed by atoms with van der Waals surface area (Å²) in [5.74, 6) is 0.897. The number of methoxy groups -OCH3 is 1. The molecule has 114 valence electrons. The largest absolute Gasteiger partial charge is 0.497 e. The lowest BCUT2D eigenvalue weighted by molar-refractivity contribution is -0.0798. The standard InChI is InChI=1S/C19H21NO2/c1-21-15-7-8-17-16(13-15)18(14-5-3-2-4-6-14)22-19(17)9-11-20-12-10-19/h2-8,13,18,20H,9-12H2,1H3/t18-/m1/s1. The first-order valence-electron chi connectivity index (χ1n) is 7.94. The number of fused-ring (bicyclic) bond motifs is 2. The van der Waals surface area contributed by atoms with Crippen molar-refractivity contribution in [1.29, 1.82) is 0 Å². The Balaban J connectivity index is 1.83. The van der Waals surface area contributed by atoms with E-state index in [0.717, 1.165) is 31.7 Å². The highest BCUT2D eigenvalue weighted by molar-refractivity contribution is 5.47. The van der Waals surface area contributed by atoms with Gasteiger partial charge in [-0.25, -0.2) is 0 Å². The zero-order valence-electron chi connectivity index (χ0n) is 12.8. The minimum Gasteiger partial charge on any atom is -0.497 e. The van der Waals surface area contributed by atoms with Crippen LogP contribution in [-0.4, -0.2) is 20.2 Å². The summed E-state index contributed by atoms with van der Waals surface area (Å²) < 4.78 is 12.1. The van der Waals surface area contributed by atoms with Gasteiger partial charge in [-0.3, -0.25) is 0 Å². The first-order valence-corrected chi connectivity index (χ1v) is 7.94. The van der Waals surface area contributed by atoms with Crippen molar-refractivity contribution in [3.05, 3.63) is 65.2 Å². The molecule has 2 aliphatic rings. The lowest BCUT2D eigenvalue weighted by Crippen LogP contribution is -2.39. The summed E-state index contributed by atoms with van der Waals surface area (Å²) in [4.78, 5) is 0. The molecule has 0 amide bonds. The number of nitrogens with one attached hydrogen (secondary N) is 1. The third kappa shape index (κ3) is 2.13. The summed E-state index contributed by atoms with van der Waals surface area (Å²) in [7, 11) is 1.72. The van der Waals surface area contributed by atoms with Gasteiger partial charge in [0.15, 0.2) is 0 Å². The van der Waals surface area contributed by atoms with Crippen molar-refractivity contribution in [2.75, 3.05) is 20.2 Å². The molecule has 2 aromatic rings. The molecule has 1 fully saturated rings. The maximum atomic E-state index is 6.65. The molecular formula is C19H21NO2. The molecule has 1 N–H and O–H groups in total. The first-order chi connectivity index (χ1) is 10.8. The van der Waals surface area contributed by atoms with Crippen molar-refractivity contribution in [2.45, 2.75) is 24.5 Å². The lowest BCUT2D eigenvalue weighted by Gasteiger charge is -2.34. The van der Waals surface area contributed by atoms with E-state index in [-0.39, 0.29) is 11.7 Å². The zero-order chi connectivity index (χ0) is 15.0. The van der Waals surface area contributed by atoms with Gasteiger partial charge in [-0.1, -0.05) is 36.4 Å². The van der Waals surface area contributed by atoms with E-state index in [4.69, 9.17) is 9.47 Å². The number of rotatable bonds is 2. The van der Waals surface area contributed by atoms with E-state index in [1.165, 1.54) is 16.7 Å². The Hall–Kier alpha value is -1.84. The number of benzene rings is 2. The van der Waals surface area contributed by atoms with Crippen LogP contribution in [0, 0.1) is 0 Å². The van der Waals surface area contributed by atoms with E-state index in [9.17, 15) is 0 Å². The maximum Gasteiger partial charge on any atom is 0.119 e. The van der Waals surface area contributed by atoms with Gasteiger partial charge in [0.25, 0.3) is 0 Å². The number of hydrogen-bond donors (Lipinski definition) is 1. The molecule has 1 saturated heterocycles. The van der Waals surface area contributed by atoms with E-state index < -0.39 is 0 Å². The Morgan fingerprint density at radius 2 is 1.86 bits per heavy atom. The zero-order valence-corrected chi connectivity index (χ0v) is 12.8. The van der Waals surface area contributed by atoms with Gasteiger partial charge in [-0.2, -0.15) is 0 Å². The van der Waals surface area contributed by atoms with E-state index in [0.29, 0.717) is 0 Å². The Labute approximate surface area is 131 Å². The Morgan fingerprint density at radius 3 is 2.59 bits per heavy atom. The summed E-state index contributed by atoms with van der Waals surface area (Å²) in [6.45, 7) is 2.01. The molecule has 3 nitrogen and oxygen atoms in total. The molecular weight excluding hydrogens is 274 g/mol. The van der Waals surface area contributed by atoms with Crippen molar-refractivity contribution in [3.8, 4) is 5.75 Å². The minimum atomic E-state index is -0.145. The van der Waals surface area contributed by atoms with Gasteiger partial charge in [0.05, 0.1) is 12.7 Å². The van der Waals surface area contributed by atoms with Gasteiger partial charge in [0, 0.05) is 0 Å². The quantitative estimate of drug-likeness (QED) is 0.921. The molecule has 3 heteroatoms. The van der Waals surface area contributed by atoms with Crippen molar-refractivity contribution in [1.82, 2.24) is 5.32 Å². The molecule has 2 heterocycles. The van der Waals surface area contributed by atoms with Gasteiger partial charge in [0.1, 0.15) is 11.9 Å². The Morgan fingerprint density at radius 1 is 1.09 bits per heavy atom. The molecule has 1 spiro atoms. The molecule has 0 saturated carbocycles. The van der Waals surface area contributed by atoms with E-state index in [1.54, 1.807) is 7.11 Å². The van der Waals surface area contributed by atoms with Gasteiger partial charge in [-0.15, -0.1) is 0 Å². The van der Waals surface area contributed by atoms with Gasteiger partial charge in [0.2, 0.25) is 0 Å². The topological polar surface area (TPSA) is 30.5 Å². The molecule has 2 aromatic carbocycles. The molecule has 0 unspecified atom stereocenters. The van der Waals surface area contributed by atoms with Crippen LogP contribution in [-0.2, 0) is 10.3 Å². The number of piperidine rings is 1. The number of hydrogen-bond acceptors (Lipinski definition) is 3. The Bertz CT molecular complexity index is 662. The van der Waals surface area contributed by atoms with Crippen LogP contribution in [0.4, 0.5) is 0 Å². The van der Waals surface area contributed by atoms with Crippen LogP contribution in [0.5, 0.6) is 5.75 Å². The van der Waals surface area contributed by atoms with Crippen LogP contribution in [0.15, 0.2) is 48.5 Å². The van der Waals surface area contributed by atoms with Crippen LogP contribution < -0.4 is 10.1 Å². The molecule has 1 atom stereocenters. The third-order valence-corrected chi connectivity index (χ3v) is 4.89. The van der Waals surface area contributed by atoms with Crippen molar-refractivity contribution in [2.24, 2.45) is 0 Å². The highest BCUT2D eigenvalue weighted by Crippen LogP contribution is 2.51. The number of ether oxygens (including phenoxy) is 2. The highest BCUT2D eigenvalue weighted by atomic mass is 16.5. The fraction of sp³-hybridized carbons (Fsp3) is 0.368. The first kappa shape index (κ1) is 13.8. The molecule has 22 heavy (non-hydrogen) atoms. The summed E-state index contributed by atoms with van der Waals surface area (Å²) in [5, 5.41) is 3.44. The van der Waals surface area contributed by atoms with Crippen LogP contribution in [0.1, 0.15) is 35.6 Å². The normalized spacial score (nSPS) is 22.5. The van der Waals surface area contributed by atoms with Crippen LogP contribution in [0.3, 0.4) is 0 Å². The van der Waals surface area contributed by atoms with Crippen LogP contribution in [0.2, 0.25) is 0 Å². The minimum absolute atomic E-state index is 0.00407. The average molecular weight is 295 g/mol. The van der Waals surface area contributed by atoms with Gasteiger partial charge >= 0.3 is 0 Å². The summed E-state index contributed by atoms with van der Waals surface area (Å²) >= 11 is 0. The third-order valence-electron chi connectivity index (χ3n) is 4.89.